The predicted octanol–water partition coefficient (Wildman–Crippen LogP) is 3.97. The van der Waals surface area contributed by atoms with Crippen LogP contribution >= 0.6 is 11.6 Å². The fraction of sp³-hybridized carbons (Fsp3) is 0.294. The first kappa shape index (κ1) is 14.2. The van der Waals surface area contributed by atoms with Gasteiger partial charge < -0.3 is 15.3 Å². The molecule has 0 amide bonds. The third-order valence-electron chi connectivity index (χ3n) is 3.56. The summed E-state index contributed by atoms with van der Waals surface area (Å²) >= 11 is 6.28. The Morgan fingerprint density at radius 3 is 2.71 bits per heavy atom. The van der Waals surface area contributed by atoms with Crippen molar-refractivity contribution in [1.82, 2.24) is 0 Å². The third kappa shape index (κ3) is 2.99. The monoisotopic (exact) mass is 302 g/mol. The zero-order valence-corrected chi connectivity index (χ0v) is 13.0. The molecule has 0 saturated carbocycles. The van der Waals surface area contributed by atoms with E-state index < -0.39 is 5.60 Å². The number of halogens is 1. The lowest BCUT2D eigenvalue weighted by atomic mass is 10.0. The van der Waals surface area contributed by atoms with Crippen LogP contribution in [0.15, 0.2) is 42.5 Å². The summed E-state index contributed by atoms with van der Waals surface area (Å²) < 4.78 is 0. The second-order valence-corrected chi connectivity index (χ2v) is 6.46. The fourth-order valence-corrected chi connectivity index (χ4v) is 2.92. The average Bonchev–Trinajstić information content (AvgIpc) is 2.80. The van der Waals surface area contributed by atoms with Crippen LogP contribution in [0.25, 0.3) is 11.1 Å². The molecular formula is C17H19ClN2O. The number of β-amino-alcohol motifs (C(OH)–C–C–N with tert-alkyl or cyclic N) is 1. The van der Waals surface area contributed by atoms with Gasteiger partial charge in [0.25, 0.3) is 0 Å². The topological polar surface area (TPSA) is 35.5 Å². The Hall–Kier alpha value is -1.71. The SMILES string of the molecule is CC(C)(O)CN1CNc2ccc(-c3ccccc3Cl)cc21. The Labute approximate surface area is 130 Å². The molecule has 2 aromatic carbocycles. The standard InChI is InChI=1S/C17H19ClN2O/c1-17(2,21)10-20-11-19-15-8-7-12(9-16(15)20)13-5-3-4-6-14(13)18/h3-9,19,21H,10-11H2,1-2H3. The molecule has 0 radical (unpaired) electrons. The van der Waals surface area contributed by atoms with Gasteiger partial charge in [-0.3, -0.25) is 0 Å². The Kier molecular flexibility index (Phi) is 3.56. The van der Waals surface area contributed by atoms with Crippen LogP contribution in [-0.2, 0) is 0 Å². The molecular weight excluding hydrogens is 284 g/mol. The lowest BCUT2D eigenvalue weighted by Gasteiger charge is -2.26. The van der Waals surface area contributed by atoms with Gasteiger partial charge >= 0.3 is 0 Å². The van der Waals surface area contributed by atoms with Crippen LogP contribution in [0.3, 0.4) is 0 Å². The van der Waals surface area contributed by atoms with E-state index in [2.05, 4.69) is 28.4 Å². The Balaban J connectivity index is 1.98. The maximum atomic E-state index is 10.0. The van der Waals surface area contributed by atoms with E-state index in [1.165, 1.54) is 0 Å². The van der Waals surface area contributed by atoms with Gasteiger partial charge in [0.1, 0.15) is 0 Å². The van der Waals surface area contributed by atoms with Gasteiger partial charge in [0.05, 0.1) is 23.6 Å². The van der Waals surface area contributed by atoms with E-state index >= 15 is 0 Å². The number of nitrogens with zero attached hydrogens (tertiary/aromatic N) is 1. The van der Waals surface area contributed by atoms with E-state index in [1.807, 2.05) is 38.1 Å². The first-order chi connectivity index (χ1) is 9.94. The molecule has 1 heterocycles. The van der Waals surface area contributed by atoms with Crippen LogP contribution in [-0.4, -0.2) is 23.9 Å². The number of nitrogens with one attached hydrogen (secondary N) is 1. The summed E-state index contributed by atoms with van der Waals surface area (Å²) in [4.78, 5) is 2.15. The quantitative estimate of drug-likeness (QED) is 0.900. The summed E-state index contributed by atoms with van der Waals surface area (Å²) in [7, 11) is 0. The number of fused-ring (bicyclic) bond motifs is 1. The lowest BCUT2D eigenvalue weighted by Crippen LogP contribution is -2.38. The molecule has 4 heteroatoms. The highest BCUT2D eigenvalue weighted by molar-refractivity contribution is 6.33. The molecule has 0 saturated heterocycles. The van der Waals surface area contributed by atoms with E-state index in [4.69, 9.17) is 11.6 Å². The zero-order chi connectivity index (χ0) is 15.0. The number of hydrogen-bond donors (Lipinski definition) is 2. The van der Waals surface area contributed by atoms with Gasteiger partial charge in [-0.25, -0.2) is 0 Å². The first-order valence-electron chi connectivity index (χ1n) is 7.04. The van der Waals surface area contributed by atoms with Crippen LogP contribution in [0.4, 0.5) is 11.4 Å². The largest absolute Gasteiger partial charge is 0.389 e. The van der Waals surface area contributed by atoms with E-state index in [-0.39, 0.29) is 0 Å². The van der Waals surface area contributed by atoms with Gasteiger partial charge in [-0.15, -0.1) is 0 Å². The summed E-state index contributed by atoms with van der Waals surface area (Å²) in [6, 6.07) is 14.1. The van der Waals surface area contributed by atoms with Crippen molar-refractivity contribution < 1.29 is 5.11 Å². The van der Waals surface area contributed by atoms with Crippen LogP contribution < -0.4 is 10.2 Å². The van der Waals surface area contributed by atoms with E-state index in [9.17, 15) is 5.11 Å². The molecule has 1 aliphatic heterocycles. The van der Waals surface area contributed by atoms with Crippen molar-refractivity contribution in [2.75, 3.05) is 23.4 Å². The normalized spacial score (nSPS) is 14.0. The van der Waals surface area contributed by atoms with Crippen LogP contribution in [0.1, 0.15) is 13.8 Å². The van der Waals surface area contributed by atoms with Gasteiger partial charge in [-0.05, 0) is 37.6 Å². The van der Waals surface area contributed by atoms with E-state index in [0.717, 1.165) is 27.5 Å². The Bertz CT molecular complexity index is 664. The molecule has 0 fully saturated rings. The maximum absolute atomic E-state index is 10.0. The number of anilines is 2. The molecule has 21 heavy (non-hydrogen) atoms. The molecule has 0 bridgehead atoms. The zero-order valence-electron chi connectivity index (χ0n) is 12.2. The summed E-state index contributed by atoms with van der Waals surface area (Å²) in [5.74, 6) is 0. The van der Waals surface area contributed by atoms with Gasteiger partial charge in [0.2, 0.25) is 0 Å². The number of hydrogen-bond acceptors (Lipinski definition) is 3. The first-order valence-corrected chi connectivity index (χ1v) is 7.42. The van der Waals surface area contributed by atoms with Crippen molar-refractivity contribution in [3.05, 3.63) is 47.5 Å². The predicted molar refractivity (Wildman–Crippen MR) is 89.0 cm³/mol. The van der Waals surface area contributed by atoms with Crippen molar-refractivity contribution in [2.45, 2.75) is 19.4 Å². The summed E-state index contributed by atoms with van der Waals surface area (Å²) in [5.41, 5.74) is 3.58. The van der Waals surface area contributed by atoms with E-state index in [0.29, 0.717) is 13.2 Å². The highest BCUT2D eigenvalue weighted by Crippen LogP contribution is 2.37. The lowest BCUT2D eigenvalue weighted by molar-refractivity contribution is 0.0880. The maximum Gasteiger partial charge on any atom is 0.0878 e. The molecule has 1 aliphatic rings. The molecule has 3 rings (SSSR count). The Morgan fingerprint density at radius 1 is 1.24 bits per heavy atom. The minimum absolute atomic E-state index is 0.582. The molecule has 0 aliphatic carbocycles. The van der Waals surface area contributed by atoms with Gasteiger partial charge in [0.15, 0.2) is 0 Å². The van der Waals surface area contributed by atoms with E-state index in [1.54, 1.807) is 0 Å². The fourth-order valence-electron chi connectivity index (χ4n) is 2.68. The highest BCUT2D eigenvalue weighted by Gasteiger charge is 2.25. The van der Waals surface area contributed by atoms with Crippen molar-refractivity contribution in [3.63, 3.8) is 0 Å². The van der Waals surface area contributed by atoms with Crippen molar-refractivity contribution >= 4 is 23.0 Å². The van der Waals surface area contributed by atoms with Gasteiger partial charge in [-0.1, -0.05) is 35.9 Å². The van der Waals surface area contributed by atoms with Crippen LogP contribution in [0.2, 0.25) is 5.02 Å². The second-order valence-electron chi connectivity index (χ2n) is 6.06. The summed E-state index contributed by atoms with van der Waals surface area (Å²) in [6.45, 7) is 4.94. The highest BCUT2D eigenvalue weighted by atomic mass is 35.5. The minimum Gasteiger partial charge on any atom is -0.389 e. The van der Waals surface area contributed by atoms with Crippen molar-refractivity contribution in [1.29, 1.82) is 0 Å². The molecule has 0 atom stereocenters. The second kappa shape index (κ2) is 5.24. The van der Waals surface area contributed by atoms with Crippen molar-refractivity contribution in [3.8, 4) is 11.1 Å². The summed E-state index contributed by atoms with van der Waals surface area (Å²) in [5, 5.41) is 14.1. The molecule has 110 valence electrons. The molecule has 2 N–H and O–H groups in total. The van der Waals surface area contributed by atoms with Gasteiger partial charge in [0, 0.05) is 17.1 Å². The Morgan fingerprint density at radius 2 is 2.00 bits per heavy atom. The van der Waals surface area contributed by atoms with Gasteiger partial charge in [-0.2, -0.15) is 0 Å². The molecule has 3 nitrogen and oxygen atoms in total. The van der Waals surface area contributed by atoms with Crippen molar-refractivity contribution in [2.24, 2.45) is 0 Å². The average molecular weight is 303 g/mol. The minimum atomic E-state index is -0.732. The number of rotatable bonds is 3. The summed E-state index contributed by atoms with van der Waals surface area (Å²) in [6.07, 6.45) is 0. The molecule has 0 unspecified atom stereocenters. The number of benzene rings is 2. The smallest absolute Gasteiger partial charge is 0.0878 e. The molecule has 0 aromatic heterocycles. The third-order valence-corrected chi connectivity index (χ3v) is 3.89. The van der Waals surface area contributed by atoms with Crippen LogP contribution in [0.5, 0.6) is 0 Å². The van der Waals surface area contributed by atoms with Crippen LogP contribution in [0, 0.1) is 0 Å². The molecule has 0 spiro atoms. The molecule has 2 aromatic rings. The number of aliphatic hydroxyl groups is 1.